The van der Waals surface area contributed by atoms with Crippen LogP contribution in [0.2, 0.25) is 0 Å². The minimum absolute atomic E-state index is 0.0358. The van der Waals surface area contributed by atoms with Crippen molar-refractivity contribution in [3.05, 3.63) is 22.1 Å². The number of ether oxygens (including phenoxy) is 1. The Morgan fingerprint density at radius 2 is 2.26 bits per heavy atom. The zero-order valence-corrected chi connectivity index (χ0v) is 15.0. The fourth-order valence-corrected chi connectivity index (χ4v) is 3.57. The Morgan fingerprint density at radius 1 is 1.52 bits per heavy atom. The molecule has 128 valence electrons. The van der Waals surface area contributed by atoms with Gasteiger partial charge in [0.25, 0.3) is 5.56 Å². The summed E-state index contributed by atoms with van der Waals surface area (Å²) in [6, 6.07) is 1.48. The van der Waals surface area contributed by atoms with Gasteiger partial charge in [0.05, 0.1) is 11.7 Å². The molecule has 0 aliphatic carbocycles. The van der Waals surface area contributed by atoms with Crippen LogP contribution in [0.3, 0.4) is 0 Å². The molecule has 1 N–H and O–H groups in total. The van der Waals surface area contributed by atoms with E-state index in [1.807, 2.05) is 20.8 Å². The number of amides is 1. The maximum Gasteiger partial charge on any atom is 0.254 e. The van der Waals surface area contributed by atoms with Crippen LogP contribution < -0.4 is 10.9 Å². The van der Waals surface area contributed by atoms with Gasteiger partial charge in [0, 0.05) is 43.9 Å². The van der Waals surface area contributed by atoms with E-state index in [1.54, 1.807) is 29.5 Å². The predicted octanol–water partition coefficient (Wildman–Crippen LogP) is 1.73. The highest BCUT2D eigenvalue weighted by Crippen LogP contribution is 2.33. The first-order valence-electron chi connectivity index (χ1n) is 7.85. The van der Waals surface area contributed by atoms with E-state index in [0.29, 0.717) is 25.3 Å². The lowest BCUT2D eigenvalue weighted by molar-refractivity contribution is -0.121. The first-order valence-corrected chi connectivity index (χ1v) is 8.84. The van der Waals surface area contributed by atoms with Crippen molar-refractivity contribution in [2.45, 2.75) is 50.2 Å². The zero-order valence-electron chi connectivity index (χ0n) is 14.2. The van der Waals surface area contributed by atoms with Crippen LogP contribution in [0.5, 0.6) is 0 Å². The molecule has 23 heavy (non-hydrogen) atoms. The Morgan fingerprint density at radius 3 is 2.91 bits per heavy atom. The molecule has 1 aromatic heterocycles. The molecule has 0 saturated carbocycles. The smallest absolute Gasteiger partial charge is 0.254 e. The van der Waals surface area contributed by atoms with E-state index in [0.717, 1.165) is 17.3 Å². The van der Waals surface area contributed by atoms with Gasteiger partial charge in [0.1, 0.15) is 0 Å². The lowest BCUT2D eigenvalue weighted by Crippen LogP contribution is -2.32. The number of carbonyl (C=O) groups is 1. The van der Waals surface area contributed by atoms with E-state index in [1.165, 1.54) is 0 Å². The minimum Gasteiger partial charge on any atom is -0.385 e. The molecule has 0 saturated heterocycles. The summed E-state index contributed by atoms with van der Waals surface area (Å²) in [7, 11) is 1.64. The molecule has 1 aliphatic rings. The molecule has 0 spiro atoms. The van der Waals surface area contributed by atoms with E-state index in [-0.39, 0.29) is 22.9 Å². The molecule has 1 unspecified atom stereocenters. The first kappa shape index (κ1) is 18.0. The van der Waals surface area contributed by atoms with Crippen LogP contribution in [0, 0.1) is 0 Å². The van der Waals surface area contributed by atoms with Crippen LogP contribution >= 0.6 is 11.8 Å². The van der Waals surface area contributed by atoms with Gasteiger partial charge in [-0.15, -0.1) is 0 Å². The Bertz CT molecular complexity index is 622. The molecule has 7 heteroatoms. The second kappa shape index (κ2) is 7.49. The molecule has 2 rings (SSSR count). The second-order valence-corrected chi connectivity index (χ2v) is 7.73. The molecule has 0 fully saturated rings. The fraction of sp³-hybridized carbons (Fsp3) is 0.688. The third kappa shape index (κ3) is 4.57. The molecule has 0 radical (unpaired) electrons. The van der Waals surface area contributed by atoms with Gasteiger partial charge in [-0.3, -0.25) is 14.2 Å². The van der Waals surface area contributed by atoms with Crippen molar-refractivity contribution in [2.24, 2.45) is 0 Å². The molecular formula is C16H25N3O3S. The number of nitrogens with one attached hydrogen (secondary N) is 1. The maximum atomic E-state index is 12.4. The summed E-state index contributed by atoms with van der Waals surface area (Å²) >= 11 is 1.55. The van der Waals surface area contributed by atoms with Gasteiger partial charge in [-0.1, -0.05) is 32.5 Å². The molecule has 2 heterocycles. The topological polar surface area (TPSA) is 73.2 Å². The summed E-state index contributed by atoms with van der Waals surface area (Å²) in [5, 5.41) is 3.59. The van der Waals surface area contributed by atoms with Gasteiger partial charge < -0.3 is 10.1 Å². The van der Waals surface area contributed by atoms with E-state index in [9.17, 15) is 9.59 Å². The van der Waals surface area contributed by atoms with Gasteiger partial charge >= 0.3 is 0 Å². The largest absolute Gasteiger partial charge is 0.385 e. The number of hydrogen-bond donors (Lipinski definition) is 1. The molecule has 1 atom stereocenters. The third-order valence-electron chi connectivity index (χ3n) is 3.73. The number of rotatable bonds is 6. The van der Waals surface area contributed by atoms with Crippen molar-refractivity contribution < 1.29 is 9.53 Å². The monoisotopic (exact) mass is 339 g/mol. The summed E-state index contributed by atoms with van der Waals surface area (Å²) in [4.78, 5) is 29.1. The highest BCUT2D eigenvalue weighted by molar-refractivity contribution is 7.99. The lowest BCUT2D eigenvalue weighted by atomic mass is 9.92. The predicted molar refractivity (Wildman–Crippen MR) is 91.1 cm³/mol. The van der Waals surface area contributed by atoms with Crippen LogP contribution in [0.25, 0.3) is 0 Å². The first-order chi connectivity index (χ1) is 10.8. The van der Waals surface area contributed by atoms with Crippen molar-refractivity contribution in [2.75, 3.05) is 26.0 Å². The Hall–Kier alpha value is -1.34. The molecule has 1 aliphatic heterocycles. The highest BCUT2D eigenvalue weighted by Gasteiger charge is 2.29. The zero-order chi connectivity index (χ0) is 17.0. The normalized spacial score (nSPS) is 17.1. The van der Waals surface area contributed by atoms with Crippen molar-refractivity contribution in [1.29, 1.82) is 0 Å². The third-order valence-corrected chi connectivity index (χ3v) is 4.82. The number of aromatic nitrogens is 2. The SMILES string of the molecule is COCCCNC(=O)CC1CSc2nc(C(C)(C)C)cc(=O)n21. The standard InChI is InChI=1S/C16H25N3O3S/c1-16(2,3)12-9-14(21)19-11(10-23-15(19)18-12)8-13(20)17-6-5-7-22-4/h9,11H,5-8,10H2,1-4H3,(H,17,20). The summed E-state index contributed by atoms with van der Waals surface area (Å²) in [5.74, 6) is 0.674. The highest BCUT2D eigenvalue weighted by atomic mass is 32.2. The average Bonchev–Trinajstić information content (AvgIpc) is 2.86. The van der Waals surface area contributed by atoms with Crippen LogP contribution in [-0.4, -0.2) is 41.5 Å². The average molecular weight is 339 g/mol. The van der Waals surface area contributed by atoms with E-state index >= 15 is 0 Å². The Kier molecular flexibility index (Phi) is 5.86. The van der Waals surface area contributed by atoms with Crippen molar-refractivity contribution in [3.63, 3.8) is 0 Å². The number of methoxy groups -OCH3 is 1. The van der Waals surface area contributed by atoms with Crippen LogP contribution in [0.15, 0.2) is 16.0 Å². The van der Waals surface area contributed by atoms with E-state index in [4.69, 9.17) is 4.74 Å². The van der Waals surface area contributed by atoms with E-state index < -0.39 is 0 Å². The lowest BCUT2D eigenvalue weighted by Gasteiger charge is -2.19. The number of hydrogen-bond acceptors (Lipinski definition) is 5. The summed E-state index contributed by atoms with van der Waals surface area (Å²) < 4.78 is 6.61. The second-order valence-electron chi connectivity index (χ2n) is 6.75. The summed E-state index contributed by atoms with van der Waals surface area (Å²) in [6.07, 6.45) is 1.10. The number of fused-ring (bicyclic) bond motifs is 1. The van der Waals surface area contributed by atoms with Gasteiger partial charge in [-0.05, 0) is 6.42 Å². The van der Waals surface area contributed by atoms with Gasteiger partial charge in [0.15, 0.2) is 5.16 Å². The van der Waals surface area contributed by atoms with Crippen LogP contribution in [0.1, 0.15) is 45.3 Å². The quantitative estimate of drug-likeness (QED) is 0.631. The van der Waals surface area contributed by atoms with Gasteiger partial charge in [-0.2, -0.15) is 0 Å². The van der Waals surface area contributed by atoms with Crippen molar-refractivity contribution in [3.8, 4) is 0 Å². The maximum absolute atomic E-state index is 12.4. The van der Waals surface area contributed by atoms with E-state index in [2.05, 4.69) is 10.3 Å². The fourth-order valence-electron chi connectivity index (χ4n) is 2.42. The summed E-state index contributed by atoms with van der Waals surface area (Å²) in [6.45, 7) is 7.33. The van der Waals surface area contributed by atoms with Crippen LogP contribution in [0.4, 0.5) is 0 Å². The Labute approximate surface area is 141 Å². The summed E-state index contributed by atoms with van der Waals surface area (Å²) in [5.41, 5.74) is 0.569. The van der Waals surface area contributed by atoms with Crippen LogP contribution in [-0.2, 0) is 14.9 Å². The molecule has 0 bridgehead atoms. The molecule has 0 aromatic carbocycles. The number of nitrogens with zero attached hydrogens (tertiary/aromatic N) is 2. The number of carbonyl (C=O) groups excluding carboxylic acids is 1. The van der Waals surface area contributed by atoms with Gasteiger partial charge in [-0.25, -0.2) is 4.98 Å². The molecule has 1 amide bonds. The van der Waals surface area contributed by atoms with Gasteiger partial charge in [0.2, 0.25) is 5.91 Å². The number of thioether (sulfide) groups is 1. The molecule has 1 aromatic rings. The molecule has 6 nitrogen and oxygen atoms in total. The van der Waals surface area contributed by atoms with Crippen molar-refractivity contribution in [1.82, 2.24) is 14.9 Å². The minimum atomic E-state index is -0.161. The molecular weight excluding hydrogens is 314 g/mol. The van der Waals surface area contributed by atoms with Crippen molar-refractivity contribution >= 4 is 17.7 Å². The Balaban J connectivity index is 2.05.